The summed E-state index contributed by atoms with van der Waals surface area (Å²) < 4.78 is 5.41. The largest absolute Gasteiger partial charge is 0.483 e. The topological polar surface area (TPSA) is 26.3 Å². The van der Waals surface area contributed by atoms with Crippen LogP contribution in [0.25, 0.3) is 0 Å². The SMILES string of the molecule is CC(=O)[C@H](C)Oc1cccc(C)c1. The van der Waals surface area contributed by atoms with Gasteiger partial charge in [0.1, 0.15) is 5.75 Å². The lowest BCUT2D eigenvalue weighted by atomic mass is 10.2. The van der Waals surface area contributed by atoms with Gasteiger partial charge in [0.05, 0.1) is 0 Å². The van der Waals surface area contributed by atoms with Crippen molar-refractivity contribution in [1.29, 1.82) is 0 Å². The maximum atomic E-state index is 10.9. The Balaban J connectivity index is 2.69. The van der Waals surface area contributed by atoms with Crippen LogP contribution >= 0.6 is 0 Å². The molecular formula is C11H14O2. The van der Waals surface area contributed by atoms with Crippen LogP contribution in [0.2, 0.25) is 0 Å². The third kappa shape index (κ3) is 2.90. The van der Waals surface area contributed by atoms with Gasteiger partial charge in [-0.05, 0) is 38.5 Å². The molecule has 0 aromatic heterocycles. The highest BCUT2D eigenvalue weighted by Gasteiger charge is 2.08. The Morgan fingerprint density at radius 2 is 2.15 bits per heavy atom. The van der Waals surface area contributed by atoms with Gasteiger partial charge >= 0.3 is 0 Å². The van der Waals surface area contributed by atoms with Crippen LogP contribution in [0.4, 0.5) is 0 Å². The van der Waals surface area contributed by atoms with Gasteiger partial charge in [-0.3, -0.25) is 4.79 Å². The van der Waals surface area contributed by atoms with E-state index in [1.54, 1.807) is 6.92 Å². The molecule has 2 heteroatoms. The van der Waals surface area contributed by atoms with Crippen LogP contribution in [0.1, 0.15) is 19.4 Å². The van der Waals surface area contributed by atoms with Gasteiger partial charge in [0.2, 0.25) is 0 Å². The van der Waals surface area contributed by atoms with E-state index >= 15 is 0 Å². The predicted octanol–water partition coefficient (Wildman–Crippen LogP) is 2.35. The van der Waals surface area contributed by atoms with Crippen LogP contribution < -0.4 is 4.74 Å². The van der Waals surface area contributed by atoms with E-state index in [9.17, 15) is 4.79 Å². The molecule has 13 heavy (non-hydrogen) atoms. The number of benzene rings is 1. The summed E-state index contributed by atoms with van der Waals surface area (Å²) in [6, 6.07) is 7.68. The molecule has 0 aliphatic rings. The monoisotopic (exact) mass is 178 g/mol. The standard InChI is InChI=1S/C11H14O2/c1-8-5-4-6-11(7-8)13-10(3)9(2)12/h4-7,10H,1-3H3/t10-/m0/s1. The Kier molecular flexibility index (Phi) is 3.07. The van der Waals surface area contributed by atoms with Crippen molar-refractivity contribution < 1.29 is 9.53 Å². The number of carbonyl (C=O) groups excluding carboxylic acids is 1. The lowest BCUT2D eigenvalue weighted by molar-refractivity contribution is -0.122. The van der Waals surface area contributed by atoms with E-state index in [0.717, 1.165) is 11.3 Å². The molecule has 0 fully saturated rings. The summed E-state index contributed by atoms with van der Waals surface area (Å²) in [5.74, 6) is 0.796. The number of hydrogen-bond acceptors (Lipinski definition) is 2. The highest BCUT2D eigenvalue weighted by molar-refractivity contribution is 5.80. The maximum Gasteiger partial charge on any atom is 0.169 e. The van der Waals surface area contributed by atoms with E-state index in [1.807, 2.05) is 31.2 Å². The van der Waals surface area contributed by atoms with E-state index in [-0.39, 0.29) is 11.9 Å². The molecule has 70 valence electrons. The van der Waals surface area contributed by atoms with Crippen molar-refractivity contribution in [3.63, 3.8) is 0 Å². The Hall–Kier alpha value is -1.31. The molecular weight excluding hydrogens is 164 g/mol. The molecule has 0 saturated heterocycles. The van der Waals surface area contributed by atoms with Crippen molar-refractivity contribution in [2.24, 2.45) is 0 Å². The maximum absolute atomic E-state index is 10.9. The molecule has 0 amide bonds. The lowest BCUT2D eigenvalue weighted by Gasteiger charge is -2.11. The van der Waals surface area contributed by atoms with Crippen LogP contribution in [-0.4, -0.2) is 11.9 Å². The summed E-state index contributed by atoms with van der Waals surface area (Å²) in [7, 11) is 0. The van der Waals surface area contributed by atoms with Gasteiger partial charge in [0.15, 0.2) is 11.9 Å². The summed E-state index contributed by atoms with van der Waals surface area (Å²) in [5.41, 5.74) is 1.13. The highest BCUT2D eigenvalue weighted by Crippen LogP contribution is 2.14. The lowest BCUT2D eigenvalue weighted by Crippen LogP contribution is -2.20. The summed E-state index contributed by atoms with van der Waals surface area (Å²) in [4.78, 5) is 10.9. The number of ether oxygens (including phenoxy) is 1. The Morgan fingerprint density at radius 1 is 1.46 bits per heavy atom. The van der Waals surface area contributed by atoms with Crippen LogP contribution in [0.5, 0.6) is 5.75 Å². The van der Waals surface area contributed by atoms with Crippen LogP contribution in [0.15, 0.2) is 24.3 Å². The molecule has 0 aliphatic heterocycles. The van der Waals surface area contributed by atoms with Crippen molar-refractivity contribution >= 4 is 5.78 Å². The van der Waals surface area contributed by atoms with E-state index < -0.39 is 0 Å². The van der Waals surface area contributed by atoms with Crippen LogP contribution in [-0.2, 0) is 4.79 Å². The zero-order valence-electron chi connectivity index (χ0n) is 8.20. The number of Topliss-reactive ketones (excluding diaryl/α,β-unsaturated/α-hetero) is 1. The van der Waals surface area contributed by atoms with Crippen molar-refractivity contribution in [3.8, 4) is 5.75 Å². The van der Waals surface area contributed by atoms with Crippen molar-refractivity contribution in [2.75, 3.05) is 0 Å². The number of rotatable bonds is 3. The van der Waals surface area contributed by atoms with Gasteiger partial charge in [-0.15, -0.1) is 0 Å². The molecule has 0 radical (unpaired) electrons. The average Bonchev–Trinajstić information content (AvgIpc) is 2.04. The quantitative estimate of drug-likeness (QED) is 0.710. The molecule has 0 saturated carbocycles. The Bertz CT molecular complexity index is 305. The molecule has 1 rings (SSSR count). The minimum atomic E-state index is -0.359. The first-order valence-electron chi connectivity index (χ1n) is 4.33. The van der Waals surface area contributed by atoms with E-state index in [4.69, 9.17) is 4.74 Å². The molecule has 1 atom stereocenters. The van der Waals surface area contributed by atoms with Crippen LogP contribution in [0.3, 0.4) is 0 Å². The summed E-state index contributed by atoms with van der Waals surface area (Å²) in [6.45, 7) is 5.27. The van der Waals surface area contributed by atoms with Gasteiger partial charge in [0, 0.05) is 0 Å². The molecule has 0 aliphatic carbocycles. The van der Waals surface area contributed by atoms with Gasteiger partial charge in [-0.2, -0.15) is 0 Å². The van der Waals surface area contributed by atoms with Gasteiger partial charge in [-0.25, -0.2) is 0 Å². The Morgan fingerprint density at radius 3 is 2.69 bits per heavy atom. The first-order valence-corrected chi connectivity index (χ1v) is 4.33. The third-order valence-electron chi connectivity index (χ3n) is 1.87. The smallest absolute Gasteiger partial charge is 0.169 e. The summed E-state index contributed by atoms with van der Waals surface area (Å²) >= 11 is 0. The van der Waals surface area contributed by atoms with Crippen molar-refractivity contribution in [1.82, 2.24) is 0 Å². The second-order valence-electron chi connectivity index (χ2n) is 3.19. The van der Waals surface area contributed by atoms with Gasteiger partial charge in [0.25, 0.3) is 0 Å². The number of carbonyl (C=O) groups is 1. The zero-order valence-corrected chi connectivity index (χ0v) is 8.20. The van der Waals surface area contributed by atoms with E-state index in [2.05, 4.69) is 0 Å². The fourth-order valence-corrected chi connectivity index (χ4v) is 0.976. The van der Waals surface area contributed by atoms with E-state index in [1.165, 1.54) is 6.92 Å². The third-order valence-corrected chi connectivity index (χ3v) is 1.87. The van der Waals surface area contributed by atoms with Crippen LogP contribution in [0, 0.1) is 6.92 Å². The minimum Gasteiger partial charge on any atom is -0.483 e. The molecule has 0 spiro atoms. The zero-order chi connectivity index (χ0) is 9.84. The second kappa shape index (κ2) is 4.08. The van der Waals surface area contributed by atoms with Gasteiger partial charge < -0.3 is 4.74 Å². The molecule has 2 nitrogen and oxygen atoms in total. The summed E-state index contributed by atoms with van der Waals surface area (Å²) in [6.07, 6.45) is -0.359. The van der Waals surface area contributed by atoms with Crippen molar-refractivity contribution in [3.05, 3.63) is 29.8 Å². The fraction of sp³-hybridized carbons (Fsp3) is 0.364. The molecule has 0 unspecified atom stereocenters. The minimum absolute atomic E-state index is 0.0431. The fourth-order valence-electron chi connectivity index (χ4n) is 0.976. The van der Waals surface area contributed by atoms with Crippen molar-refractivity contribution in [2.45, 2.75) is 26.9 Å². The molecule has 0 N–H and O–H groups in total. The first-order chi connectivity index (χ1) is 6.09. The number of aryl methyl sites for hydroxylation is 1. The Labute approximate surface area is 78.5 Å². The first kappa shape index (κ1) is 9.78. The average molecular weight is 178 g/mol. The second-order valence-corrected chi connectivity index (χ2v) is 3.19. The highest BCUT2D eigenvalue weighted by atomic mass is 16.5. The molecule has 0 bridgehead atoms. The summed E-state index contributed by atoms with van der Waals surface area (Å²) in [5, 5.41) is 0. The van der Waals surface area contributed by atoms with Gasteiger partial charge in [-0.1, -0.05) is 12.1 Å². The predicted molar refractivity (Wildman–Crippen MR) is 52.0 cm³/mol. The molecule has 1 aromatic carbocycles. The number of ketones is 1. The molecule has 1 aromatic rings. The molecule has 0 heterocycles. The van der Waals surface area contributed by atoms with E-state index in [0.29, 0.717) is 0 Å². The number of hydrogen-bond donors (Lipinski definition) is 0. The normalized spacial score (nSPS) is 12.2.